The summed E-state index contributed by atoms with van der Waals surface area (Å²) in [5.41, 5.74) is 0.629. The number of ketones is 4. The van der Waals surface area contributed by atoms with E-state index in [2.05, 4.69) is 0 Å². The quantitative estimate of drug-likeness (QED) is 0.787. The molecule has 0 bridgehead atoms. The van der Waals surface area contributed by atoms with E-state index in [0.717, 1.165) is 0 Å². The molecule has 0 heterocycles. The molecule has 1 aromatic rings. The van der Waals surface area contributed by atoms with Gasteiger partial charge in [0.05, 0.1) is 11.8 Å². The SMILES string of the molecule is O=C1CCCC(=O)C1C(c1cccc(Cl)c1)C1C(=O)CCCC1=O. The van der Waals surface area contributed by atoms with Crippen molar-refractivity contribution in [2.45, 2.75) is 44.4 Å². The van der Waals surface area contributed by atoms with Gasteiger partial charge in [-0.05, 0) is 30.5 Å². The summed E-state index contributed by atoms with van der Waals surface area (Å²) >= 11 is 6.07. The molecule has 0 N–H and O–H groups in total. The van der Waals surface area contributed by atoms with E-state index in [-0.39, 0.29) is 23.1 Å². The predicted molar refractivity (Wildman–Crippen MR) is 88.9 cm³/mol. The predicted octanol–water partition coefficient (Wildman–Crippen LogP) is 3.30. The summed E-state index contributed by atoms with van der Waals surface area (Å²) in [6.45, 7) is 0. The van der Waals surface area contributed by atoms with Gasteiger partial charge in [0.1, 0.15) is 23.1 Å². The van der Waals surface area contributed by atoms with Crippen LogP contribution in [0.3, 0.4) is 0 Å². The van der Waals surface area contributed by atoms with Crippen LogP contribution in [0.2, 0.25) is 5.02 Å². The first-order valence-electron chi connectivity index (χ1n) is 8.35. The molecule has 2 aliphatic carbocycles. The number of Topliss-reactive ketones (excluding diaryl/α,β-unsaturated/α-hetero) is 4. The van der Waals surface area contributed by atoms with Gasteiger partial charge < -0.3 is 0 Å². The van der Waals surface area contributed by atoms with E-state index >= 15 is 0 Å². The molecule has 0 radical (unpaired) electrons. The Morgan fingerprint density at radius 2 is 1.25 bits per heavy atom. The molecule has 0 saturated heterocycles. The summed E-state index contributed by atoms with van der Waals surface area (Å²) in [6.07, 6.45) is 2.38. The van der Waals surface area contributed by atoms with Crippen molar-refractivity contribution in [2.24, 2.45) is 11.8 Å². The lowest BCUT2D eigenvalue weighted by Gasteiger charge is -2.34. The van der Waals surface area contributed by atoms with E-state index < -0.39 is 17.8 Å². The zero-order valence-electron chi connectivity index (χ0n) is 13.3. The molecule has 1 aromatic carbocycles. The largest absolute Gasteiger partial charge is 0.299 e. The zero-order valence-corrected chi connectivity index (χ0v) is 14.1. The van der Waals surface area contributed by atoms with Crippen molar-refractivity contribution in [2.75, 3.05) is 0 Å². The van der Waals surface area contributed by atoms with Crippen LogP contribution in [-0.2, 0) is 19.2 Å². The van der Waals surface area contributed by atoms with Gasteiger partial charge in [0, 0.05) is 36.6 Å². The minimum Gasteiger partial charge on any atom is -0.299 e. The molecule has 126 valence electrons. The van der Waals surface area contributed by atoms with Crippen molar-refractivity contribution >= 4 is 34.7 Å². The topological polar surface area (TPSA) is 68.3 Å². The summed E-state index contributed by atoms with van der Waals surface area (Å²) in [5.74, 6) is -3.19. The minimum absolute atomic E-state index is 0.164. The Bertz CT molecular complexity index is 639. The highest BCUT2D eigenvalue weighted by Crippen LogP contribution is 2.41. The van der Waals surface area contributed by atoms with Crippen molar-refractivity contribution in [3.05, 3.63) is 34.9 Å². The monoisotopic (exact) mass is 346 g/mol. The van der Waals surface area contributed by atoms with Gasteiger partial charge >= 0.3 is 0 Å². The highest BCUT2D eigenvalue weighted by Gasteiger charge is 2.47. The maximum atomic E-state index is 12.5. The number of rotatable bonds is 3. The maximum absolute atomic E-state index is 12.5. The lowest BCUT2D eigenvalue weighted by atomic mass is 9.65. The smallest absolute Gasteiger partial charge is 0.144 e. The summed E-state index contributed by atoms with van der Waals surface area (Å²) in [4.78, 5) is 49.9. The third kappa shape index (κ3) is 3.20. The number of hydrogen-bond acceptors (Lipinski definition) is 4. The highest BCUT2D eigenvalue weighted by atomic mass is 35.5. The molecule has 3 rings (SSSR count). The van der Waals surface area contributed by atoms with Gasteiger partial charge in [0.25, 0.3) is 0 Å². The zero-order chi connectivity index (χ0) is 17.3. The van der Waals surface area contributed by atoms with Gasteiger partial charge in [-0.25, -0.2) is 0 Å². The van der Waals surface area contributed by atoms with Crippen LogP contribution in [0.4, 0.5) is 0 Å². The summed E-state index contributed by atoms with van der Waals surface area (Å²) in [5, 5.41) is 0.462. The van der Waals surface area contributed by atoms with Crippen molar-refractivity contribution in [1.29, 1.82) is 0 Å². The van der Waals surface area contributed by atoms with Crippen molar-refractivity contribution in [3.8, 4) is 0 Å². The van der Waals surface area contributed by atoms with E-state index in [9.17, 15) is 19.2 Å². The Kier molecular flexibility index (Phi) is 4.95. The summed E-state index contributed by atoms with van der Waals surface area (Å²) < 4.78 is 0. The standard InChI is InChI=1S/C19H19ClO4/c20-12-5-1-4-11(10-12)17(18-13(21)6-2-7-14(18)22)19-15(23)8-3-9-16(19)24/h1,4-5,10,17-19H,2-3,6-9H2. The van der Waals surface area contributed by atoms with Crippen LogP contribution in [0.5, 0.6) is 0 Å². The highest BCUT2D eigenvalue weighted by molar-refractivity contribution is 6.30. The number of carbonyl (C=O) groups is 4. The fourth-order valence-corrected chi connectivity index (χ4v) is 4.15. The number of hydrogen-bond donors (Lipinski definition) is 0. The second-order valence-corrected chi connectivity index (χ2v) is 7.04. The molecule has 0 aliphatic heterocycles. The number of benzene rings is 1. The molecule has 4 nitrogen and oxygen atoms in total. The average Bonchev–Trinajstić information content (AvgIpc) is 2.53. The van der Waals surface area contributed by atoms with Crippen molar-refractivity contribution < 1.29 is 19.2 Å². The summed E-state index contributed by atoms with van der Waals surface area (Å²) in [7, 11) is 0. The fraction of sp³-hybridized carbons (Fsp3) is 0.474. The van der Waals surface area contributed by atoms with Crippen LogP contribution in [-0.4, -0.2) is 23.1 Å². The molecule has 24 heavy (non-hydrogen) atoms. The molecule has 0 spiro atoms. The van der Waals surface area contributed by atoms with Crippen LogP contribution in [0, 0.1) is 11.8 Å². The van der Waals surface area contributed by atoms with Crippen molar-refractivity contribution in [1.82, 2.24) is 0 Å². The molecular weight excluding hydrogens is 328 g/mol. The molecular formula is C19H19ClO4. The molecule has 0 atom stereocenters. The normalized spacial score (nSPS) is 20.9. The first-order chi connectivity index (χ1) is 11.5. The second kappa shape index (κ2) is 6.98. The van der Waals surface area contributed by atoms with Crippen LogP contribution in [0.25, 0.3) is 0 Å². The first-order valence-corrected chi connectivity index (χ1v) is 8.73. The van der Waals surface area contributed by atoms with Crippen LogP contribution >= 0.6 is 11.6 Å². The maximum Gasteiger partial charge on any atom is 0.144 e. The van der Waals surface area contributed by atoms with Crippen molar-refractivity contribution in [3.63, 3.8) is 0 Å². The Morgan fingerprint density at radius 3 is 1.67 bits per heavy atom. The van der Waals surface area contributed by atoms with Gasteiger partial charge in [-0.15, -0.1) is 0 Å². The lowest BCUT2D eigenvalue weighted by Crippen LogP contribution is -2.43. The summed E-state index contributed by atoms with van der Waals surface area (Å²) in [6, 6.07) is 6.83. The number of halogens is 1. The second-order valence-electron chi connectivity index (χ2n) is 6.61. The Hall–Kier alpha value is -1.81. The average molecular weight is 347 g/mol. The molecule has 2 fully saturated rings. The molecule has 2 aliphatic rings. The molecule has 0 unspecified atom stereocenters. The van der Waals surface area contributed by atoms with Gasteiger partial charge in [0.2, 0.25) is 0 Å². The van der Waals surface area contributed by atoms with Gasteiger partial charge in [-0.1, -0.05) is 23.7 Å². The van der Waals surface area contributed by atoms with Crippen LogP contribution in [0.15, 0.2) is 24.3 Å². The molecule has 0 aromatic heterocycles. The van der Waals surface area contributed by atoms with E-state index in [4.69, 9.17) is 11.6 Å². The molecule has 0 amide bonds. The lowest BCUT2D eigenvalue weighted by molar-refractivity contribution is -0.141. The van der Waals surface area contributed by atoms with Gasteiger partial charge in [-0.3, -0.25) is 19.2 Å². The number of carbonyl (C=O) groups excluding carboxylic acids is 4. The van der Waals surface area contributed by atoms with E-state index in [1.165, 1.54) is 0 Å². The molecule has 5 heteroatoms. The Labute approximate surface area is 145 Å². The van der Waals surface area contributed by atoms with E-state index in [1.54, 1.807) is 24.3 Å². The van der Waals surface area contributed by atoms with Gasteiger partial charge in [0.15, 0.2) is 0 Å². The third-order valence-electron chi connectivity index (χ3n) is 5.03. The first kappa shape index (κ1) is 17.0. The minimum atomic E-state index is -0.909. The fourth-order valence-electron chi connectivity index (χ4n) is 3.95. The third-order valence-corrected chi connectivity index (χ3v) is 5.27. The van der Waals surface area contributed by atoms with Crippen LogP contribution < -0.4 is 0 Å². The van der Waals surface area contributed by atoms with Crippen LogP contribution in [0.1, 0.15) is 50.0 Å². The van der Waals surface area contributed by atoms with E-state index in [0.29, 0.717) is 49.1 Å². The Balaban J connectivity index is 2.09. The van der Waals surface area contributed by atoms with E-state index in [1.807, 2.05) is 0 Å². The Morgan fingerprint density at radius 1 is 0.792 bits per heavy atom. The van der Waals surface area contributed by atoms with Gasteiger partial charge in [-0.2, -0.15) is 0 Å². The molecule has 2 saturated carbocycles.